The Morgan fingerprint density at radius 1 is 0.829 bits per heavy atom. The molecule has 6 heteroatoms. The number of ether oxygens (including phenoxy) is 3. The first-order chi connectivity index (χ1) is 16.9. The Kier molecular flexibility index (Phi) is 5.59. The summed E-state index contributed by atoms with van der Waals surface area (Å²) in [6, 6.07) is 22.2. The molecule has 3 aromatic carbocycles. The van der Waals surface area contributed by atoms with Crippen molar-refractivity contribution in [3.63, 3.8) is 0 Å². The topological polar surface area (TPSA) is 65.1 Å². The Labute approximate surface area is 204 Å². The van der Waals surface area contributed by atoms with Crippen LogP contribution in [0.25, 0.3) is 11.3 Å². The highest BCUT2D eigenvalue weighted by atomic mass is 16.6. The van der Waals surface area contributed by atoms with Crippen LogP contribution in [0, 0.1) is 5.92 Å². The van der Waals surface area contributed by atoms with Gasteiger partial charge in [-0.2, -0.15) is 0 Å². The zero-order valence-electron chi connectivity index (χ0n) is 20.2. The number of fused-ring (bicyclic) bond motifs is 3. The molecule has 2 aliphatic heterocycles. The van der Waals surface area contributed by atoms with Gasteiger partial charge < -0.3 is 14.2 Å². The smallest absolute Gasteiger partial charge is 0.342 e. The van der Waals surface area contributed by atoms with Crippen molar-refractivity contribution in [1.29, 1.82) is 0 Å². The minimum absolute atomic E-state index is 0.0897. The first kappa shape index (κ1) is 22.7. The normalized spacial score (nSPS) is 18.9. The molecule has 0 bridgehead atoms. The average molecular weight is 470 g/mol. The standard InChI is InChI=1S/C29H27NO5/c1-18(2)17-29-27(31)25(19-9-13-21(33-3)14-10-19)26(20-11-15-22(34-4)16-12-20)30(29)24-8-6-5-7-23(24)28(32)35-29/h5-16,18H,17H2,1-4H3. The molecule has 0 radical (unpaired) electrons. The number of esters is 1. The molecule has 0 amide bonds. The molecule has 3 aromatic rings. The third-order valence-corrected chi connectivity index (χ3v) is 6.46. The molecule has 0 fully saturated rings. The fraction of sp³-hybridized carbons (Fsp3) is 0.241. The lowest BCUT2D eigenvalue weighted by Gasteiger charge is -2.44. The molecule has 35 heavy (non-hydrogen) atoms. The van der Waals surface area contributed by atoms with Crippen LogP contribution >= 0.6 is 0 Å². The second-order valence-corrected chi connectivity index (χ2v) is 9.13. The van der Waals surface area contributed by atoms with Crippen LogP contribution in [-0.2, 0) is 9.53 Å². The van der Waals surface area contributed by atoms with Crippen LogP contribution in [0.1, 0.15) is 41.8 Å². The predicted molar refractivity (Wildman–Crippen MR) is 134 cm³/mol. The molecule has 0 aliphatic carbocycles. The van der Waals surface area contributed by atoms with E-state index in [1.54, 1.807) is 26.4 Å². The highest BCUT2D eigenvalue weighted by Gasteiger charge is 2.60. The van der Waals surface area contributed by atoms with E-state index in [1.165, 1.54) is 0 Å². The summed E-state index contributed by atoms with van der Waals surface area (Å²) in [5, 5.41) is 0. The van der Waals surface area contributed by atoms with Crippen molar-refractivity contribution in [2.24, 2.45) is 5.92 Å². The number of ketones is 1. The molecule has 0 aromatic heterocycles. The third kappa shape index (κ3) is 3.57. The summed E-state index contributed by atoms with van der Waals surface area (Å²) in [7, 11) is 3.22. The summed E-state index contributed by atoms with van der Waals surface area (Å²) >= 11 is 0. The van der Waals surface area contributed by atoms with Crippen molar-refractivity contribution in [1.82, 2.24) is 0 Å². The summed E-state index contributed by atoms with van der Waals surface area (Å²) in [6.45, 7) is 4.04. The zero-order valence-corrected chi connectivity index (χ0v) is 20.2. The number of methoxy groups -OCH3 is 2. The van der Waals surface area contributed by atoms with Gasteiger partial charge in [-0.3, -0.25) is 9.69 Å². The van der Waals surface area contributed by atoms with Crippen molar-refractivity contribution in [2.75, 3.05) is 19.1 Å². The van der Waals surface area contributed by atoms with Crippen LogP contribution in [0.5, 0.6) is 11.5 Å². The Balaban J connectivity index is 1.83. The van der Waals surface area contributed by atoms with Gasteiger partial charge in [-0.25, -0.2) is 4.79 Å². The molecule has 2 aliphatic rings. The summed E-state index contributed by atoms with van der Waals surface area (Å²) in [5.41, 5.74) is 2.38. The number of hydrogen-bond donors (Lipinski definition) is 0. The summed E-state index contributed by atoms with van der Waals surface area (Å²) < 4.78 is 16.8. The van der Waals surface area contributed by atoms with Crippen molar-refractivity contribution < 1.29 is 23.8 Å². The maximum atomic E-state index is 14.4. The van der Waals surface area contributed by atoms with Gasteiger partial charge in [-0.05, 0) is 65.6 Å². The summed E-state index contributed by atoms with van der Waals surface area (Å²) in [6.07, 6.45) is 0.352. The minimum Gasteiger partial charge on any atom is -0.497 e. The average Bonchev–Trinajstić information content (AvgIpc) is 3.12. The lowest BCUT2D eigenvalue weighted by Crippen LogP contribution is -2.56. The number of benzene rings is 3. The molecule has 2 heterocycles. The van der Waals surface area contributed by atoms with E-state index < -0.39 is 11.7 Å². The Morgan fingerprint density at radius 3 is 1.97 bits per heavy atom. The van der Waals surface area contributed by atoms with Crippen LogP contribution in [0.2, 0.25) is 0 Å². The van der Waals surface area contributed by atoms with E-state index in [9.17, 15) is 9.59 Å². The second-order valence-electron chi connectivity index (χ2n) is 9.13. The van der Waals surface area contributed by atoms with Crippen molar-refractivity contribution in [3.05, 3.63) is 89.5 Å². The first-order valence-corrected chi connectivity index (χ1v) is 11.6. The number of carbonyl (C=O) groups is 2. The van der Waals surface area contributed by atoms with Crippen LogP contribution in [0.15, 0.2) is 72.8 Å². The highest BCUT2D eigenvalue weighted by molar-refractivity contribution is 6.38. The number of anilines is 1. The molecular weight excluding hydrogens is 442 g/mol. The van der Waals surface area contributed by atoms with Gasteiger partial charge in [0.05, 0.1) is 36.7 Å². The second kappa shape index (κ2) is 8.62. The third-order valence-electron chi connectivity index (χ3n) is 6.46. The van der Waals surface area contributed by atoms with Gasteiger partial charge in [0.2, 0.25) is 5.78 Å². The fourth-order valence-electron chi connectivity index (χ4n) is 4.98. The molecule has 1 unspecified atom stereocenters. The van der Waals surface area contributed by atoms with Crippen molar-refractivity contribution in [3.8, 4) is 11.5 Å². The van der Waals surface area contributed by atoms with Gasteiger partial charge in [0.25, 0.3) is 5.72 Å². The molecule has 6 nitrogen and oxygen atoms in total. The molecule has 0 saturated heterocycles. The van der Waals surface area contributed by atoms with Gasteiger partial charge in [-0.1, -0.05) is 38.1 Å². The van der Waals surface area contributed by atoms with E-state index in [1.807, 2.05) is 79.4 Å². The van der Waals surface area contributed by atoms with Crippen molar-refractivity contribution >= 4 is 28.7 Å². The Hall–Kier alpha value is -4.06. The Morgan fingerprint density at radius 2 is 1.40 bits per heavy atom. The molecule has 178 valence electrons. The van der Waals surface area contributed by atoms with E-state index in [-0.39, 0.29) is 11.7 Å². The Bertz CT molecular complexity index is 1320. The SMILES string of the molecule is COc1ccc(C2=C(c3ccc(OC)cc3)N3c4ccccc4C(=O)OC3(CC(C)C)C2=O)cc1. The van der Waals surface area contributed by atoms with E-state index in [0.717, 1.165) is 11.1 Å². The van der Waals surface area contributed by atoms with Gasteiger partial charge >= 0.3 is 5.97 Å². The highest BCUT2D eigenvalue weighted by Crippen LogP contribution is 2.53. The molecule has 0 saturated carbocycles. The molecule has 5 rings (SSSR count). The van der Waals surface area contributed by atoms with E-state index in [0.29, 0.717) is 40.4 Å². The quantitative estimate of drug-likeness (QED) is 0.440. The fourth-order valence-corrected chi connectivity index (χ4v) is 4.98. The zero-order chi connectivity index (χ0) is 24.7. The number of para-hydroxylation sites is 1. The van der Waals surface area contributed by atoms with E-state index in [2.05, 4.69) is 0 Å². The number of hydrogen-bond acceptors (Lipinski definition) is 6. The van der Waals surface area contributed by atoms with Gasteiger partial charge in [-0.15, -0.1) is 0 Å². The van der Waals surface area contributed by atoms with Gasteiger partial charge in [0.15, 0.2) is 0 Å². The monoisotopic (exact) mass is 469 g/mol. The van der Waals surface area contributed by atoms with E-state index >= 15 is 0 Å². The van der Waals surface area contributed by atoms with Crippen LogP contribution in [0.4, 0.5) is 5.69 Å². The summed E-state index contributed by atoms with van der Waals surface area (Å²) in [5.74, 6) is 0.772. The lowest BCUT2D eigenvalue weighted by atomic mass is 9.90. The van der Waals surface area contributed by atoms with Gasteiger partial charge in [0, 0.05) is 6.42 Å². The molecular formula is C29H27NO5. The molecule has 0 N–H and O–H groups in total. The lowest BCUT2D eigenvalue weighted by molar-refractivity contribution is -0.132. The largest absolute Gasteiger partial charge is 0.497 e. The number of nitrogens with zero attached hydrogens (tertiary/aromatic N) is 1. The van der Waals surface area contributed by atoms with E-state index in [4.69, 9.17) is 14.2 Å². The van der Waals surface area contributed by atoms with Crippen LogP contribution in [-0.4, -0.2) is 31.7 Å². The van der Waals surface area contributed by atoms with Crippen LogP contribution in [0.3, 0.4) is 0 Å². The summed E-state index contributed by atoms with van der Waals surface area (Å²) in [4.78, 5) is 29.5. The van der Waals surface area contributed by atoms with Gasteiger partial charge in [0.1, 0.15) is 11.5 Å². The molecule has 0 spiro atoms. The number of rotatable bonds is 6. The first-order valence-electron chi connectivity index (χ1n) is 11.6. The maximum Gasteiger partial charge on any atom is 0.342 e. The van der Waals surface area contributed by atoms with Crippen LogP contribution < -0.4 is 14.4 Å². The minimum atomic E-state index is -1.47. The number of carbonyl (C=O) groups excluding carboxylic acids is 2. The maximum absolute atomic E-state index is 14.4. The number of Topliss-reactive ketones (excluding diaryl/α,β-unsaturated/α-hetero) is 1. The predicted octanol–water partition coefficient (Wildman–Crippen LogP) is 5.57. The van der Waals surface area contributed by atoms with Crippen molar-refractivity contribution in [2.45, 2.75) is 26.0 Å². The molecule has 1 atom stereocenters.